The summed E-state index contributed by atoms with van der Waals surface area (Å²) < 4.78 is 32.0. The van der Waals surface area contributed by atoms with Crippen LogP contribution in [0.15, 0.2) is 18.5 Å². The highest BCUT2D eigenvalue weighted by Crippen LogP contribution is 2.34. The van der Waals surface area contributed by atoms with Crippen molar-refractivity contribution in [3.05, 3.63) is 46.5 Å². The number of hydrogen-bond donors (Lipinski definition) is 1. The van der Waals surface area contributed by atoms with Gasteiger partial charge in [-0.15, -0.1) is 0 Å². The van der Waals surface area contributed by atoms with E-state index in [2.05, 4.69) is 15.2 Å². The molecule has 0 bridgehead atoms. The van der Waals surface area contributed by atoms with E-state index in [0.29, 0.717) is 12.2 Å². The number of ether oxygens (including phenoxy) is 1. The van der Waals surface area contributed by atoms with Crippen LogP contribution in [0.2, 0.25) is 5.02 Å². The van der Waals surface area contributed by atoms with E-state index in [0.717, 1.165) is 12.1 Å². The second-order valence-corrected chi connectivity index (χ2v) is 5.59. The van der Waals surface area contributed by atoms with E-state index in [1.807, 2.05) is 0 Å². The van der Waals surface area contributed by atoms with Crippen LogP contribution >= 0.6 is 11.6 Å². The van der Waals surface area contributed by atoms with Crippen LogP contribution in [0.25, 0.3) is 0 Å². The zero-order valence-corrected chi connectivity index (χ0v) is 12.8. The Kier molecular flexibility index (Phi) is 4.27. The third-order valence-corrected chi connectivity index (χ3v) is 4.16. The van der Waals surface area contributed by atoms with E-state index < -0.39 is 23.6 Å². The number of benzene rings is 1. The van der Waals surface area contributed by atoms with Gasteiger partial charge in [0.15, 0.2) is 11.6 Å². The first-order valence-corrected chi connectivity index (χ1v) is 7.22. The number of amides is 1. The van der Waals surface area contributed by atoms with Crippen molar-refractivity contribution in [1.82, 2.24) is 20.1 Å². The zero-order valence-electron chi connectivity index (χ0n) is 12.1. The van der Waals surface area contributed by atoms with Crippen molar-refractivity contribution in [2.24, 2.45) is 0 Å². The summed E-state index contributed by atoms with van der Waals surface area (Å²) in [7, 11) is 1.54. The van der Waals surface area contributed by atoms with E-state index in [4.69, 9.17) is 16.3 Å². The Bertz CT molecular complexity index is 726. The van der Waals surface area contributed by atoms with Gasteiger partial charge in [-0.2, -0.15) is 5.10 Å². The van der Waals surface area contributed by atoms with E-state index in [1.165, 1.54) is 11.2 Å². The molecule has 0 unspecified atom stereocenters. The Balaban J connectivity index is 1.95. The highest BCUT2D eigenvalue weighted by atomic mass is 35.5. The summed E-state index contributed by atoms with van der Waals surface area (Å²) >= 11 is 5.90. The van der Waals surface area contributed by atoms with Crippen LogP contribution in [-0.2, 0) is 4.74 Å². The molecule has 1 aromatic carbocycles. The molecule has 3 rings (SSSR count). The van der Waals surface area contributed by atoms with Crippen molar-refractivity contribution in [1.29, 1.82) is 0 Å². The average molecular weight is 343 g/mol. The molecule has 2 heterocycles. The first-order valence-electron chi connectivity index (χ1n) is 6.84. The predicted octanol–water partition coefficient (Wildman–Crippen LogP) is 2.34. The van der Waals surface area contributed by atoms with E-state index in [-0.39, 0.29) is 23.2 Å². The minimum Gasteiger partial charge on any atom is -0.380 e. The lowest BCUT2D eigenvalue weighted by atomic mass is 10.1. The Morgan fingerprint density at radius 2 is 2.17 bits per heavy atom. The standard InChI is InChI=1S/C14H13ClF2N4O2/c1-23-7-2-12(13-18-6-19-20-13)21(5-7)14(22)8-3-10(16)11(17)4-9(8)15/h3-4,6-7,12H,2,5H2,1H3,(H,18,19,20)/t7-,12+/m1/s1. The molecule has 1 saturated heterocycles. The number of aromatic amines is 1. The van der Waals surface area contributed by atoms with Crippen LogP contribution in [0, 0.1) is 11.6 Å². The van der Waals surface area contributed by atoms with Crippen LogP contribution < -0.4 is 0 Å². The fraction of sp³-hybridized carbons (Fsp3) is 0.357. The van der Waals surface area contributed by atoms with Crippen LogP contribution in [0.5, 0.6) is 0 Å². The van der Waals surface area contributed by atoms with Crippen molar-refractivity contribution in [2.45, 2.75) is 18.6 Å². The van der Waals surface area contributed by atoms with Gasteiger partial charge >= 0.3 is 0 Å². The highest BCUT2D eigenvalue weighted by Gasteiger charge is 2.39. The lowest BCUT2D eigenvalue weighted by Crippen LogP contribution is -2.32. The van der Waals surface area contributed by atoms with Gasteiger partial charge in [-0.05, 0) is 12.1 Å². The van der Waals surface area contributed by atoms with Gasteiger partial charge in [0, 0.05) is 20.1 Å². The number of nitrogens with one attached hydrogen (secondary N) is 1. The molecule has 1 aliphatic heterocycles. The average Bonchev–Trinajstić information content (AvgIpc) is 3.18. The summed E-state index contributed by atoms with van der Waals surface area (Å²) in [5, 5.41) is 6.35. The van der Waals surface area contributed by atoms with Gasteiger partial charge < -0.3 is 9.64 Å². The largest absolute Gasteiger partial charge is 0.380 e. The summed E-state index contributed by atoms with van der Waals surface area (Å²) in [6.45, 7) is 0.288. The van der Waals surface area contributed by atoms with Crippen molar-refractivity contribution in [3.8, 4) is 0 Å². The number of carbonyl (C=O) groups is 1. The molecule has 2 atom stereocenters. The van der Waals surface area contributed by atoms with Gasteiger partial charge in [-0.1, -0.05) is 11.6 Å². The minimum atomic E-state index is -1.13. The molecule has 1 aromatic heterocycles. The molecule has 0 radical (unpaired) electrons. The topological polar surface area (TPSA) is 71.1 Å². The van der Waals surface area contributed by atoms with Crippen molar-refractivity contribution >= 4 is 17.5 Å². The molecule has 1 N–H and O–H groups in total. The van der Waals surface area contributed by atoms with E-state index in [1.54, 1.807) is 7.11 Å². The van der Waals surface area contributed by atoms with Crippen molar-refractivity contribution in [2.75, 3.05) is 13.7 Å². The number of aromatic nitrogens is 3. The van der Waals surface area contributed by atoms with Gasteiger partial charge in [0.2, 0.25) is 0 Å². The fourth-order valence-corrected chi connectivity index (χ4v) is 2.90. The van der Waals surface area contributed by atoms with Gasteiger partial charge in [0.1, 0.15) is 12.2 Å². The summed E-state index contributed by atoms with van der Waals surface area (Å²) in [6, 6.07) is 1.19. The number of nitrogens with zero attached hydrogens (tertiary/aromatic N) is 3. The second-order valence-electron chi connectivity index (χ2n) is 5.18. The Morgan fingerprint density at radius 3 is 2.83 bits per heavy atom. The monoisotopic (exact) mass is 342 g/mol. The number of methoxy groups -OCH3 is 1. The summed E-state index contributed by atoms with van der Waals surface area (Å²) in [4.78, 5) is 18.3. The molecule has 1 amide bonds. The lowest BCUT2D eigenvalue weighted by Gasteiger charge is -2.23. The third-order valence-electron chi connectivity index (χ3n) is 3.85. The van der Waals surface area contributed by atoms with Crippen LogP contribution in [0.3, 0.4) is 0 Å². The maximum absolute atomic E-state index is 13.5. The predicted molar refractivity (Wildman–Crippen MR) is 76.9 cm³/mol. The third kappa shape index (κ3) is 2.91. The summed E-state index contributed by atoms with van der Waals surface area (Å²) in [6.07, 6.45) is 1.65. The molecule has 9 heteroatoms. The summed E-state index contributed by atoms with van der Waals surface area (Å²) in [5.41, 5.74) is -0.105. The normalized spacial score (nSPS) is 21.0. The number of likely N-dealkylation sites (tertiary alicyclic amines) is 1. The molecular weight excluding hydrogens is 330 g/mol. The summed E-state index contributed by atoms with van der Waals surface area (Å²) in [5.74, 6) is -2.25. The molecular formula is C14H13ClF2N4O2. The molecule has 0 spiro atoms. The Hall–Kier alpha value is -2.06. The SMILES string of the molecule is CO[C@@H]1C[C@@H](c2ncn[nH]2)N(C(=O)c2cc(F)c(F)cc2Cl)C1. The first kappa shape index (κ1) is 15.8. The molecule has 122 valence electrons. The lowest BCUT2D eigenvalue weighted by molar-refractivity contribution is 0.0684. The maximum Gasteiger partial charge on any atom is 0.256 e. The van der Waals surface area contributed by atoms with Crippen molar-refractivity contribution < 1.29 is 18.3 Å². The molecule has 0 aliphatic carbocycles. The fourth-order valence-electron chi connectivity index (χ4n) is 2.67. The van der Waals surface area contributed by atoms with Gasteiger partial charge in [0.25, 0.3) is 5.91 Å². The molecule has 2 aromatic rings. The smallest absolute Gasteiger partial charge is 0.256 e. The number of halogens is 3. The maximum atomic E-state index is 13.5. The number of hydrogen-bond acceptors (Lipinski definition) is 4. The number of carbonyl (C=O) groups excluding carboxylic acids is 1. The van der Waals surface area contributed by atoms with Crippen LogP contribution in [0.1, 0.15) is 28.6 Å². The molecule has 1 fully saturated rings. The number of H-pyrrole nitrogens is 1. The minimum absolute atomic E-state index is 0.105. The second kappa shape index (κ2) is 6.21. The van der Waals surface area contributed by atoms with Crippen LogP contribution in [-0.4, -0.2) is 45.7 Å². The Morgan fingerprint density at radius 1 is 1.43 bits per heavy atom. The van der Waals surface area contributed by atoms with Crippen molar-refractivity contribution in [3.63, 3.8) is 0 Å². The number of rotatable bonds is 3. The zero-order chi connectivity index (χ0) is 16.6. The van der Waals surface area contributed by atoms with Crippen LogP contribution in [0.4, 0.5) is 8.78 Å². The highest BCUT2D eigenvalue weighted by molar-refractivity contribution is 6.33. The molecule has 6 nitrogen and oxygen atoms in total. The van der Waals surface area contributed by atoms with E-state index in [9.17, 15) is 13.6 Å². The van der Waals surface area contributed by atoms with Gasteiger partial charge in [0.05, 0.1) is 22.7 Å². The Labute approximate surface area is 135 Å². The van der Waals surface area contributed by atoms with Gasteiger partial charge in [-0.25, -0.2) is 13.8 Å². The molecule has 23 heavy (non-hydrogen) atoms. The van der Waals surface area contributed by atoms with Gasteiger partial charge in [-0.3, -0.25) is 9.89 Å². The quantitative estimate of drug-likeness (QED) is 0.869. The molecule has 1 aliphatic rings. The van der Waals surface area contributed by atoms with E-state index >= 15 is 0 Å². The first-order chi connectivity index (χ1) is 11.0. The molecule has 0 saturated carbocycles.